The topological polar surface area (TPSA) is 92.3 Å². The number of rotatable bonds is 7. The number of anilines is 1. The van der Waals surface area contributed by atoms with Gasteiger partial charge in [-0.25, -0.2) is 12.7 Å². The van der Waals surface area contributed by atoms with E-state index in [9.17, 15) is 13.2 Å². The van der Waals surface area contributed by atoms with Crippen LogP contribution < -0.4 is 5.32 Å². The highest BCUT2D eigenvalue weighted by molar-refractivity contribution is 7.89. The summed E-state index contributed by atoms with van der Waals surface area (Å²) in [6.45, 7) is 2.76. The molecule has 0 spiro atoms. The average Bonchev–Trinajstić information content (AvgIpc) is 3.33. The van der Waals surface area contributed by atoms with E-state index in [0.717, 1.165) is 24.3 Å². The van der Waals surface area contributed by atoms with Crippen LogP contribution in [0.25, 0.3) is 0 Å². The summed E-state index contributed by atoms with van der Waals surface area (Å²) in [6, 6.07) is 0. The third-order valence-electron chi connectivity index (χ3n) is 4.50. The maximum atomic E-state index is 12.5. The number of sulfonamides is 1. The Morgan fingerprint density at radius 2 is 2.12 bits per heavy atom. The van der Waals surface area contributed by atoms with Crippen molar-refractivity contribution in [2.75, 3.05) is 24.2 Å². The molecule has 134 valence electrons. The maximum Gasteiger partial charge on any atom is 0.230 e. The summed E-state index contributed by atoms with van der Waals surface area (Å²) in [5.74, 6) is 0.216. The molecule has 2 heterocycles. The zero-order valence-electron chi connectivity index (χ0n) is 13.9. The Morgan fingerprint density at radius 3 is 2.83 bits per heavy atom. The van der Waals surface area contributed by atoms with Crippen LogP contribution in [-0.4, -0.2) is 47.7 Å². The van der Waals surface area contributed by atoms with Gasteiger partial charge in [0.1, 0.15) is 5.01 Å². The van der Waals surface area contributed by atoms with Gasteiger partial charge in [0.25, 0.3) is 0 Å². The fourth-order valence-electron chi connectivity index (χ4n) is 2.85. The number of carbonyl (C=O) groups is 1. The minimum absolute atomic E-state index is 0.149. The van der Waals surface area contributed by atoms with Crippen molar-refractivity contribution in [2.45, 2.75) is 51.4 Å². The largest absolute Gasteiger partial charge is 0.300 e. The van der Waals surface area contributed by atoms with Gasteiger partial charge in [0.15, 0.2) is 0 Å². The molecule has 0 aromatic carbocycles. The quantitative estimate of drug-likeness (QED) is 0.792. The molecule has 1 aromatic heterocycles. The fraction of sp³-hybridized carbons (Fsp3) is 0.800. The van der Waals surface area contributed by atoms with Gasteiger partial charge >= 0.3 is 0 Å². The van der Waals surface area contributed by atoms with Crippen LogP contribution in [0, 0.1) is 5.92 Å². The Morgan fingerprint density at radius 1 is 1.33 bits per heavy atom. The lowest BCUT2D eigenvalue weighted by Gasteiger charge is -2.31. The van der Waals surface area contributed by atoms with Gasteiger partial charge in [-0.05, 0) is 32.1 Å². The van der Waals surface area contributed by atoms with Crippen LogP contribution in [0.3, 0.4) is 0 Å². The highest BCUT2D eigenvalue weighted by Crippen LogP contribution is 2.42. The number of unbranched alkanes of at least 4 members (excludes halogenated alkanes) is 1. The van der Waals surface area contributed by atoms with E-state index >= 15 is 0 Å². The van der Waals surface area contributed by atoms with E-state index in [1.165, 1.54) is 15.6 Å². The van der Waals surface area contributed by atoms with Crippen LogP contribution in [0.5, 0.6) is 0 Å². The monoisotopic (exact) mass is 372 g/mol. The molecule has 7 nitrogen and oxygen atoms in total. The molecule has 0 bridgehead atoms. The number of nitrogens with zero attached hydrogens (tertiary/aromatic N) is 3. The first-order valence-electron chi connectivity index (χ1n) is 8.61. The summed E-state index contributed by atoms with van der Waals surface area (Å²) in [5.41, 5.74) is 0. The Bertz CT molecular complexity index is 685. The van der Waals surface area contributed by atoms with Crippen molar-refractivity contribution in [2.24, 2.45) is 5.92 Å². The first-order chi connectivity index (χ1) is 11.5. The Kier molecular flexibility index (Phi) is 5.51. The van der Waals surface area contributed by atoms with E-state index in [-0.39, 0.29) is 24.1 Å². The molecule has 1 aliphatic heterocycles. The molecular formula is C15H24N4O3S2. The summed E-state index contributed by atoms with van der Waals surface area (Å²) in [4.78, 5) is 12.5. The summed E-state index contributed by atoms with van der Waals surface area (Å²) in [6.07, 6.45) is 5.22. The van der Waals surface area contributed by atoms with Gasteiger partial charge in [0.05, 0.1) is 11.7 Å². The van der Waals surface area contributed by atoms with Gasteiger partial charge in [-0.3, -0.25) is 4.79 Å². The molecule has 1 atom stereocenters. The van der Waals surface area contributed by atoms with Crippen LogP contribution in [-0.2, 0) is 14.8 Å². The molecular weight excluding hydrogens is 348 g/mol. The van der Waals surface area contributed by atoms with Crippen LogP contribution in [0.1, 0.15) is 56.4 Å². The summed E-state index contributed by atoms with van der Waals surface area (Å²) >= 11 is 1.43. The third-order valence-corrected chi connectivity index (χ3v) is 7.43. The van der Waals surface area contributed by atoms with Crippen molar-refractivity contribution in [3.8, 4) is 0 Å². The van der Waals surface area contributed by atoms with Gasteiger partial charge < -0.3 is 5.32 Å². The SMILES string of the molecule is CCCCS(=O)(=O)N1CCC[C@H](C(=O)Nc2nnc(C3CC3)s2)C1. The van der Waals surface area contributed by atoms with Crippen molar-refractivity contribution in [1.82, 2.24) is 14.5 Å². The van der Waals surface area contributed by atoms with Crippen molar-refractivity contribution < 1.29 is 13.2 Å². The normalized spacial score (nSPS) is 22.5. The predicted octanol–water partition coefficient (Wildman–Crippen LogP) is 2.20. The molecule has 1 amide bonds. The van der Waals surface area contributed by atoms with E-state index in [2.05, 4.69) is 15.5 Å². The number of amides is 1. The van der Waals surface area contributed by atoms with Gasteiger partial charge in [-0.15, -0.1) is 10.2 Å². The van der Waals surface area contributed by atoms with Crippen LogP contribution in [0.2, 0.25) is 0 Å². The molecule has 1 aliphatic carbocycles. The number of hydrogen-bond donors (Lipinski definition) is 1. The minimum atomic E-state index is -3.26. The molecule has 1 saturated carbocycles. The zero-order chi connectivity index (χ0) is 17.2. The third kappa shape index (κ3) is 4.31. The Balaban J connectivity index is 1.57. The second kappa shape index (κ2) is 7.45. The van der Waals surface area contributed by atoms with E-state index in [1.54, 1.807) is 0 Å². The second-order valence-corrected chi connectivity index (χ2v) is 9.67. The van der Waals surface area contributed by atoms with Crippen molar-refractivity contribution in [1.29, 1.82) is 0 Å². The smallest absolute Gasteiger partial charge is 0.230 e. The average molecular weight is 373 g/mol. The molecule has 0 unspecified atom stereocenters. The molecule has 1 saturated heterocycles. The van der Waals surface area contributed by atoms with Gasteiger partial charge in [0, 0.05) is 19.0 Å². The summed E-state index contributed by atoms with van der Waals surface area (Å²) < 4.78 is 26.1. The first kappa shape index (κ1) is 17.8. The highest BCUT2D eigenvalue weighted by atomic mass is 32.2. The fourth-order valence-corrected chi connectivity index (χ4v) is 5.49. The molecule has 1 N–H and O–H groups in total. The van der Waals surface area contributed by atoms with Crippen molar-refractivity contribution >= 4 is 32.4 Å². The van der Waals surface area contributed by atoms with Crippen LogP contribution in [0.4, 0.5) is 5.13 Å². The summed E-state index contributed by atoms with van der Waals surface area (Å²) in [5, 5.41) is 12.5. The van der Waals surface area contributed by atoms with E-state index in [1.807, 2.05) is 6.92 Å². The standard InChI is InChI=1S/C15H24N4O3S2/c1-2-3-9-24(21,22)19-8-4-5-12(10-19)13(20)16-15-18-17-14(23-15)11-6-7-11/h11-12H,2-10H2,1H3,(H,16,18,20)/t12-/m0/s1. The number of nitrogens with one attached hydrogen (secondary N) is 1. The van der Waals surface area contributed by atoms with Crippen LogP contribution in [0.15, 0.2) is 0 Å². The second-order valence-electron chi connectivity index (χ2n) is 6.58. The molecule has 0 radical (unpaired) electrons. The number of hydrogen-bond acceptors (Lipinski definition) is 6. The molecule has 2 fully saturated rings. The molecule has 9 heteroatoms. The highest BCUT2D eigenvalue weighted by Gasteiger charge is 2.33. The molecule has 24 heavy (non-hydrogen) atoms. The number of carbonyl (C=O) groups excluding carboxylic acids is 1. The molecule has 3 rings (SSSR count). The first-order valence-corrected chi connectivity index (χ1v) is 11.0. The van der Waals surface area contributed by atoms with Crippen molar-refractivity contribution in [3.63, 3.8) is 0 Å². The predicted molar refractivity (Wildman–Crippen MR) is 93.5 cm³/mol. The zero-order valence-corrected chi connectivity index (χ0v) is 15.5. The lowest BCUT2D eigenvalue weighted by atomic mass is 9.99. The van der Waals surface area contributed by atoms with E-state index in [0.29, 0.717) is 36.9 Å². The Labute approximate surface area is 146 Å². The lowest BCUT2D eigenvalue weighted by molar-refractivity contribution is -0.120. The molecule has 1 aromatic rings. The maximum absolute atomic E-state index is 12.5. The summed E-state index contributed by atoms with van der Waals surface area (Å²) in [7, 11) is -3.26. The number of aromatic nitrogens is 2. The number of piperidine rings is 1. The van der Waals surface area contributed by atoms with E-state index < -0.39 is 10.0 Å². The minimum Gasteiger partial charge on any atom is -0.300 e. The van der Waals surface area contributed by atoms with Gasteiger partial charge in [0.2, 0.25) is 21.1 Å². The molecule has 2 aliphatic rings. The van der Waals surface area contributed by atoms with Gasteiger partial charge in [-0.1, -0.05) is 24.7 Å². The van der Waals surface area contributed by atoms with Crippen molar-refractivity contribution in [3.05, 3.63) is 5.01 Å². The van der Waals surface area contributed by atoms with Gasteiger partial charge in [-0.2, -0.15) is 0 Å². The lowest BCUT2D eigenvalue weighted by Crippen LogP contribution is -2.44. The van der Waals surface area contributed by atoms with Crippen LogP contribution >= 0.6 is 11.3 Å². The van der Waals surface area contributed by atoms with E-state index in [4.69, 9.17) is 0 Å². The Hall–Kier alpha value is -1.06.